The number of aromatic nitrogens is 1. The van der Waals surface area contributed by atoms with Gasteiger partial charge in [0.25, 0.3) is 0 Å². The van der Waals surface area contributed by atoms with Gasteiger partial charge in [-0.2, -0.15) is 13.2 Å². The molecule has 0 aliphatic rings. The average Bonchev–Trinajstić information content (AvgIpc) is 2.28. The number of allylic oxidation sites excluding steroid dienone is 1. The maximum absolute atomic E-state index is 12.5. The van der Waals surface area contributed by atoms with E-state index >= 15 is 0 Å². The molecule has 0 aromatic carbocycles. The SMILES string of the molecule is C/C=C/c1cc(C(F)(F)F)ncc1C(=O)OCC. The van der Waals surface area contributed by atoms with Crippen molar-refractivity contribution < 1.29 is 22.7 Å². The van der Waals surface area contributed by atoms with Crippen LogP contribution in [0.3, 0.4) is 0 Å². The van der Waals surface area contributed by atoms with Crippen LogP contribution in [0.5, 0.6) is 0 Å². The molecule has 0 fully saturated rings. The Kier molecular flexibility index (Phi) is 4.47. The van der Waals surface area contributed by atoms with Gasteiger partial charge in [0.2, 0.25) is 0 Å². The fraction of sp³-hybridized carbons (Fsp3) is 0.333. The molecule has 0 aliphatic carbocycles. The van der Waals surface area contributed by atoms with Gasteiger partial charge in [0.15, 0.2) is 0 Å². The van der Waals surface area contributed by atoms with Crippen LogP contribution >= 0.6 is 0 Å². The van der Waals surface area contributed by atoms with Crippen LogP contribution < -0.4 is 0 Å². The summed E-state index contributed by atoms with van der Waals surface area (Å²) in [6, 6.07) is 0.826. The minimum atomic E-state index is -4.54. The summed E-state index contributed by atoms with van der Waals surface area (Å²) in [4.78, 5) is 14.8. The van der Waals surface area contributed by atoms with Crippen molar-refractivity contribution in [1.82, 2.24) is 4.98 Å². The first-order chi connectivity index (χ1) is 8.40. The zero-order chi connectivity index (χ0) is 13.8. The van der Waals surface area contributed by atoms with Crippen LogP contribution in [0.2, 0.25) is 0 Å². The minimum absolute atomic E-state index is 0.0166. The van der Waals surface area contributed by atoms with Gasteiger partial charge in [0.1, 0.15) is 5.69 Å². The molecule has 0 spiro atoms. The Labute approximate surface area is 102 Å². The first-order valence-corrected chi connectivity index (χ1v) is 5.27. The van der Waals surface area contributed by atoms with Crippen LogP contribution in [-0.2, 0) is 10.9 Å². The summed E-state index contributed by atoms with van der Waals surface area (Å²) in [6.45, 7) is 3.41. The second-order valence-corrected chi connectivity index (χ2v) is 3.38. The van der Waals surface area contributed by atoms with E-state index in [9.17, 15) is 18.0 Å². The standard InChI is InChI=1S/C12H12F3NO2/c1-3-5-8-6-10(12(13,14)15)16-7-9(8)11(17)18-4-2/h3,5-7H,4H2,1-2H3/b5-3+. The predicted molar refractivity (Wildman–Crippen MR) is 59.9 cm³/mol. The lowest BCUT2D eigenvalue weighted by Crippen LogP contribution is -2.12. The van der Waals surface area contributed by atoms with Crippen molar-refractivity contribution in [3.05, 3.63) is 35.2 Å². The van der Waals surface area contributed by atoms with E-state index in [1.54, 1.807) is 13.8 Å². The highest BCUT2D eigenvalue weighted by Crippen LogP contribution is 2.29. The molecule has 1 aromatic heterocycles. The maximum Gasteiger partial charge on any atom is 0.433 e. The molecular weight excluding hydrogens is 247 g/mol. The molecule has 0 saturated carbocycles. The average molecular weight is 259 g/mol. The first-order valence-electron chi connectivity index (χ1n) is 5.27. The fourth-order valence-electron chi connectivity index (χ4n) is 1.32. The van der Waals surface area contributed by atoms with Crippen LogP contribution in [0.25, 0.3) is 6.08 Å². The molecule has 6 heteroatoms. The number of hydrogen-bond acceptors (Lipinski definition) is 3. The Balaban J connectivity index is 3.25. The van der Waals surface area contributed by atoms with E-state index in [0.717, 1.165) is 12.3 Å². The number of rotatable bonds is 3. The maximum atomic E-state index is 12.5. The lowest BCUT2D eigenvalue weighted by Gasteiger charge is -2.09. The van der Waals surface area contributed by atoms with Crippen molar-refractivity contribution in [3.63, 3.8) is 0 Å². The summed E-state index contributed by atoms with van der Waals surface area (Å²) in [7, 11) is 0. The quantitative estimate of drug-likeness (QED) is 0.782. The van der Waals surface area contributed by atoms with E-state index in [2.05, 4.69) is 4.98 Å². The summed E-state index contributed by atoms with van der Waals surface area (Å²) in [5.41, 5.74) is -0.884. The topological polar surface area (TPSA) is 39.2 Å². The number of carbonyl (C=O) groups is 1. The van der Waals surface area contributed by atoms with Gasteiger partial charge < -0.3 is 4.74 Å². The van der Waals surface area contributed by atoms with E-state index in [4.69, 9.17) is 4.74 Å². The molecule has 18 heavy (non-hydrogen) atoms. The summed E-state index contributed by atoms with van der Waals surface area (Å²) in [5.74, 6) is -0.688. The van der Waals surface area contributed by atoms with Crippen LogP contribution in [0.4, 0.5) is 13.2 Å². The number of esters is 1. The van der Waals surface area contributed by atoms with Gasteiger partial charge in [-0.1, -0.05) is 12.2 Å². The van der Waals surface area contributed by atoms with Gasteiger partial charge in [-0.25, -0.2) is 4.79 Å². The highest BCUT2D eigenvalue weighted by Gasteiger charge is 2.33. The molecule has 0 N–H and O–H groups in total. The number of hydrogen-bond donors (Lipinski definition) is 0. The third-order valence-corrected chi connectivity index (χ3v) is 2.07. The number of pyridine rings is 1. The molecule has 3 nitrogen and oxygen atoms in total. The van der Waals surface area contributed by atoms with Crippen molar-refractivity contribution in [2.24, 2.45) is 0 Å². The second-order valence-electron chi connectivity index (χ2n) is 3.38. The Morgan fingerprint density at radius 2 is 2.17 bits per heavy atom. The molecule has 0 unspecified atom stereocenters. The molecule has 0 bridgehead atoms. The minimum Gasteiger partial charge on any atom is -0.462 e. The summed E-state index contributed by atoms with van der Waals surface area (Å²) in [5, 5.41) is 0. The van der Waals surface area contributed by atoms with Gasteiger partial charge in [0, 0.05) is 6.20 Å². The van der Waals surface area contributed by atoms with E-state index in [0.29, 0.717) is 0 Å². The Morgan fingerprint density at radius 3 is 2.67 bits per heavy atom. The molecule has 0 radical (unpaired) electrons. The molecule has 1 heterocycles. The van der Waals surface area contributed by atoms with Gasteiger partial charge >= 0.3 is 12.1 Å². The van der Waals surface area contributed by atoms with Crippen molar-refractivity contribution in [3.8, 4) is 0 Å². The van der Waals surface area contributed by atoms with Gasteiger partial charge in [-0.15, -0.1) is 0 Å². The zero-order valence-electron chi connectivity index (χ0n) is 9.91. The molecule has 0 atom stereocenters. The van der Waals surface area contributed by atoms with E-state index in [1.807, 2.05) is 0 Å². The molecular formula is C12H12F3NO2. The molecule has 0 saturated heterocycles. The number of carbonyl (C=O) groups excluding carboxylic acids is 1. The molecule has 1 rings (SSSR count). The van der Waals surface area contributed by atoms with E-state index in [1.165, 1.54) is 12.2 Å². The largest absolute Gasteiger partial charge is 0.462 e. The fourth-order valence-corrected chi connectivity index (χ4v) is 1.32. The number of ether oxygens (including phenoxy) is 1. The monoisotopic (exact) mass is 259 g/mol. The molecule has 0 amide bonds. The number of halogens is 3. The van der Waals surface area contributed by atoms with Crippen LogP contribution in [0, 0.1) is 0 Å². The molecule has 1 aromatic rings. The Morgan fingerprint density at radius 1 is 1.50 bits per heavy atom. The van der Waals surface area contributed by atoms with Crippen molar-refractivity contribution >= 4 is 12.0 Å². The molecule has 98 valence electrons. The Bertz CT molecular complexity index is 467. The normalized spacial score (nSPS) is 11.8. The summed E-state index contributed by atoms with van der Waals surface area (Å²) >= 11 is 0. The van der Waals surface area contributed by atoms with Crippen molar-refractivity contribution in [1.29, 1.82) is 0 Å². The van der Waals surface area contributed by atoms with Gasteiger partial charge in [0.05, 0.1) is 12.2 Å². The van der Waals surface area contributed by atoms with E-state index in [-0.39, 0.29) is 17.7 Å². The third kappa shape index (κ3) is 3.32. The number of nitrogens with zero attached hydrogens (tertiary/aromatic N) is 1. The van der Waals surface area contributed by atoms with Crippen LogP contribution in [0.15, 0.2) is 18.3 Å². The third-order valence-electron chi connectivity index (χ3n) is 2.07. The zero-order valence-corrected chi connectivity index (χ0v) is 9.91. The van der Waals surface area contributed by atoms with Crippen molar-refractivity contribution in [2.75, 3.05) is 6.61 Å². The van der Waals surface area contributed by atoms with Gasteiger partial charge in [-0.05, 0) is 25.5 Å². The Hall–Kier alpha value is -1.85. The summed E-state index contributed by atoms with van der Waals surface area (Å²) in [6.07, 6.45) is -0.707. The smallest absolute Gasteiger partial charge is 0.433 e. The summed E-state index contributed by atoms with van der Waals surface area (Å²) < 4.78 is 42.2. The van der Waals surface area contributed by atoms with Crippen LogP contribution in [0.1, 0.15) is 35.5 Å². The lowest BCUT2D eigenvalue weighted by molar-refractivity contribution is -0.141. The van der Waals surface area contributed by atoms with E-state index < -0.39 is 17.8 Å². The second kappa shape index (κ2) is 5.66. The molecule has 0 aliphatic heterocycles. The predicted octanol–water partition coefficient (Wildman–Crippen LogP) is 3.31. The van der Waals surface area contributed by atoms with Gasteiger partial charge in [-0.3, -0.25) is 4.98 Å². The number of alkyl halides is 3. The first kappa shape index (κ1) is 14.2. The highest BCUT2D eigenvalue weighted by atomic mass is 19.4. The highest BCUT2D eigenvalue weighted by molar-refractivity contribution is 5.93. The van der Waals surface area contributed by atoms with Crippen molar-refractivity contribution in [2.45, 2.75) is 20.0 Å². The van der Waals surface area contributed by atoms with Crippen LogP contribution in [-0.4, -0.2) is 17.6 Å². The lowest BCUT2D eigenvalue weighted by atomic mass is 10.1.